The van der Waals surface area contributed by atoms with E-state index in [2.05, 4.69) is 21.6 Å². The minimum Gasteiger partial charge on any atom is -1.00 e. The first-order chi connectivity index (χ1) is 19.7. The number of aryl methyl sites for hydroxylation is 1. The number of hydrogen-bond acceptors (Lipinski definition) is 6. The van der Waals surface area contributed by atoms with Gasteiger partial charge in [0, 0.05) is 31.9 Å². The molecule has 0 aliphatic carbocycles. The molecule has 0 saturated heterocycles. The van der Waals surface area contributed by atoms with E-state index in [-0.39, 0.29) is 17.0 Å². The first kappa shape index (κ1) is 34.0. The number of halogens is 1. The van der Waals surface area contributed by atoms with Gasteiger partial charge in [0.1, 0.15) is 23.9 Å². The second kappa shape index (κ2) is 16.3. The Hall–Kier alpha value is -4.17. The van der Waals surface area contributed by atoms with Crippen LogP contribution in [0, 0.1) is 20.8 Å². The van der Waals surface area contributed by atoms with Gasteiger partial charge in [-0.3, -0.25) is 0 Å². The Morgan fingerprint density at radius 3 is 1.60 bits per heavy atom. The van der Waals surface area contributed by atoms with Gasteiger partial charge in [0.15, 0.2) is 18.9 Å². The summed E-state index contributed by atoms with van der Waals surface area (Å²) in [6, 6.07) is 21.4. The van der Waals surface area contributed by atoms with Crippen molar-refractivity contribution in [2.45, 2.75) is 41.2 Å². The number of carbonyl (C=O) groups is 2. The first-order valence-electron chi connectivity index (χ1n) is 13.7. The lowest BCUT2D eigenvalue weighted by Gasteiger charge is -2.14. The van der Waals surface area contributed by atoms with Gasteiger partial charge in [0.2, 0.25) is 0 Å². The number of nitrogens with zero attached hydrogens (tertiary/aromatic N) is 2. The lowest BCUT2D eigenvalue weighted by molar-refractivity contribution is -0.697. The molecule has 4 rings (SSSR count). The fraction of sp³-hybridized carbons (Fsp3) is 0.265. The molecule has 0 N–H and O–H groups in total. The number of esters is 2. The van der Waals surface area contributed by atoms with Gasteiger partial charge in [-0.2, -0.15) is 0 Å². The number of pyridine rings is 1. The van der Waals surface area contributed by atoms with Crippen molar-refractivity contribution >= 4 is 17.6 Å². The summed E-state index contributed by atoms with van der Waals surface area (Å²) in [6.07, 6.45) is 4.03. The van der Waals surface area contributed by atoms with Crippen molar-refractivity contribution < 1.29 is 45.3 Å². The zero-order chi connectivity index (χ0) is 29.9. The van der Waals surface area contributed by atoms with Crippen molar-refractivity contribution in [1.82, 2.24) is 0 Å². The minimum absolute atomic E-state index is 0. The predicted octanol–water partition coefficient (Wildman–Crippen LogP) is 3.51. The van der Waals surface area contributed by atoms with Crippen molar-refractivity contribution in [3.05, 3.63) is 113 Å². The molecule has 4 aromatic rings. The van der Waals surface area contributed by atoms with Crippen LogP contribution in [0.15, 0.2) is 85.2 Å². The Labute approximate surface area is 259 Å². The molecule has 0 aliphatic rings. The van der Waals surface area contributed by atoms with Crippen LogP contribution in [0.4, 0.5) is 5.69 Å². The van der Waals surface area contributed by atoms with Gasteiger partial charge in [-0.1, -0.05) is 31.5 Å². The highest BCUT2D eigenvalue weighted by atomic mass is 79.9. The van der Waals surface area contributed by atoms with Crippen LogP contribution in [0.2, 0.25) is 0 Å². The largest absolute Gasteiger partial charge is 1.00 e. The highest BCUT2D eigenvalue weighted by Crippen LogP contribution is 2.30. The molecule has 42 heavy (non-hydrogen) atoms. The molecular weight excluding hydrogens is 596 g/mol. The molecule has 0 spiro atoms. The molecule has 7 nitrogen and oxygen atoms in total. The molecule has 0 atom stereocenters. The van der Waals surface area contributed by atoms with E-state index >= 15 is 0 Å². The fourth-order valence-corrected chi connectivity index (χ4v) is 3.85. The maximum atomic E-state index is 12.8. The van der Waals surface area contributed by atoms with Crippen LogP contribution in [0.1, 0.15) is 51.3 Å². The normalized spacial score (nSPS) is 9.98. The number of hydrogen-bond donors (Lipinski definition) is 0. The van der Waals surface area contributed by atoms with E-state index < -0.39 is 11.9 Å². The summed E-state index contributed by atoms with van der Waals surface area (Å²) in [5, 5.41) is 0. The average molecular weight is 636 g/mol. The van der Waals surface area contributed by atoms with Gasteiger partial charge in [0.25, 0.3) is 0 Å². The maximum Gasteiger partial charge on any atom is 0.343 e. The molecule has 0 amide bonds. The van der Waals surface area contributed by atoms with Gasteiger partial charge in [0.05, 0.1) is 11.1 Å². The third-order valence-corrected chi connectivity index (χ3v) is 6.48. The van der Waals surface area contributed by atoms with Gasteiger partial charge in [-0.15, -0.1) is 0 Å². The summed E-state index contributed by atoms with van der Waals surface area (Å²) < 4.78 is 19.1. The zero-order valence-corrected chi connectivity index (χ0v) is 26.9. The quantitative estimate of drug-likeness (QED) is 0.159. The van der Waals surface area contributed by atoms with Crippen LogP contribution < -0.4 is 40.7 Å². The van der Waals surface area contributed by atoms with E-state index in [9.17, 15) is 9.59 Å². The maximum absolute atomic E-state index is 12.8. The Morgan fingerprint density at radius 2 is 1.14 bits per heavy atom. The molecule has 0 radical (unpaired) electrons. The standard InChI is InChI=1S/C32H33N2O5.C2H6.BrH/c1-22-6-8-25(9-7-22)31(35)38-29-14-15-30(24(3)23(29)2)39-32(36)26-10-12-28(13-11-26)37-21-20-34-18-16-27(17-19-34)33(4)5;1-2;/h6-19H,20-21H2,1-5H3;1-2H3;1H/q+1;;/p-1. The number of aromatic nitrogens is 1. The lowest BCUT2D eigenvalue weighted by atomic mass is 10.1. The van der Waals surface area contributed by atoms with Gasteiger partial charge in [-0.05, 0) is 80.4 Å². The first-order valence-corrected chi connectivity index (χ1v) is 13.7. The molecule has 0 unspecified atom stereocenters. The Morgan fingerprint density at radius 1 is 0.690 bits per heavy atom. The van der Waals surface area contributed by atoms with E-state index in [0.29, 0.717) is 47.1 Å². The summed E-state index contributed by atoms with van der Waals surface area (Å²) in [7, 11) is 4.01. The number of benzene rings is 3. The van der Waals surface area contributed by atoms with Crippen molar-refractivity contribution in [3.8, 4) is 17.2 Å². The summed E-state index contributed by atoms with van der Waals surface area (Å²) in [6.45, 7) is 10.8. The summed E-state index contributed by atoms with van der Waals surface area (Å²) in [5.41, 5.74) is 4.51. The summed E-state index contributed by atoms with van der Waals surface area (Å²) in [5.74, 6) is 0.579. The summed E-state index contributed by atoms with van der Waals surface area (Å²) >= 11 is 0. The van der Waals surface area contributed by atoms with Crippen molar-refractivity contribution in [3.63, 3.8) is 0 Å². The van der Waals surface area contributed by atoms with Crippen LogP contribution in [0.3, 0.4) is 0 Å². The van der Waals surface area contributed by atoms with Crippen molar-refractivity contribution in [2.24, 2.45) is 0 Å². The SMILES string of the molecule is CC.Cc1ccc(C(=O)Oc2ccc(OC(=O)c3ccc(OCC[n+]4ccc(N(C)C)cc4)cc3)c(C)c2C)cc1.[Br-]. The van der Waals surface area contributed by atoms with Crippen molar-refractivity contribution in [2.75, 3.05) is 25.6 Å². The highest BCUT2D eigenvalue weighted by molar-refractivity contribution is 5.92. The fourth-order valence-electron chi connectivity index (χ4n) is 3.85. The van der Waals surface area contributed by atoms with E-state index in [0.717, 1.165) is 16.8 Å². The third kappa shape index (κ3) is 9.17. The smallest absolute Gasteiger partial charge is 0.343 e. The molecule has 0 fully saturated rings. The highest BCUT2D eigenvalue weighted by Gasteiger charge is 2.16. The second-order valence-electron chi connectivity index (χ2n) is 9.52. The number of rotatable bonds is 9. The van der Waals surface area contributed by atoms with E-state index in [4.69, 9.17) is 14.2 Å². The van der Waals surface area contributed by atoms with E-state index in [1.807, 2.05) is 73.2 Å². The van der Waals surface area contributed by atoms with Crippen LogP contribution in [-0.2, 0) is 6.54 Å². The molecule has 0 bridgehead atoms. The van der Waals surface area contributed by atoms with Gasteiger partial charge in [-0.25, -0.2) is 14.2 Å². The predicted molar refractivity (Wildman–Crippen MR) is 161 cm³/mol. The zero-order valence-electron chi connectivity index (χ0n) is 25.3. The Balaban J connectivity index is 0.00000201. The van der Waals surface area contributed by atoms with Crippen LogP contribution >= 0.6 is 0 Å². The number of anilines is 1. The second-order valence-corrected chi connectivity index (χ2v) is 9.52. The van der Waals surface area contributed by atoms with E-state index in [1.54, 1.807) is 48.5 Å². The molecule has 3 aromatic carbocycles. The third-order valence-electron chi connectivity index (χ3n) is 6.48. The molecule has 222 valence electrons. The molecule has 0 aliphatic heterocycles. The van der Waals surface area contributed by atoms with Crippen LogP contribution in [0.25, 0.3) is 0 Å². The Kier molecular flexibility index (Phi) is 13.2. The van der Waals surface area contributed by atoms with Gasteiger partial charge >= 0.3 is 11.9 Å². The number of ether oxygens (including phenoxy) is 3. The molecule has 1 aromatic heterocycles. The van der Waals surface area contributed by atoms with Gasteiger partial charge < -0.3 is 36.1 Å². The summed E-state index contributed by atoms with van der Waals surface area (Å²) in [4.78, 5) is 27.4. The minimum atomic E-state index is -0.481. The Bertz CT molecular complexity index is 1450. The monoisotopic (exact) mass is 634 g/mol. The average Bonchev–Trinajstić information content (AvgIpc) is 2.99. The lowest BCUT2D eigenvalue weighted by Crippen LogP contribution is -3.00. The van der Waals surface area contributed by atoms with E-state index in [1.165, 1.54) is 0 Å². The van der Waals surface area contributed by atoms with Crippen LogP contribution in [-0.4, -0.2) is 32.6 Å². The van der Waals surface area contributed by atoms with Crippen LogP contribution in [0.5, 0.6) is 17.2 Å². The molecule has 0 saturated carbocycles. The number of carbonyl (C=O) groups excluding carboxylic acids is 2. The molecular formula is C34H39BrN2O5. The molecule has 1 heterocycles. The van der Waals surface area contributed by atoms with Crippen molar-refractivity contribution in [1.29, 1.82) is 0 Å². The molecule has 8 heteroatoms. The topological polar surface area (TPSA) is 68.9 Å².